The first kappa shape index (κ1) is 20.2. The first-order valence-electron chi connectivity index (χ1n) is 8.11. The fraction of sp³-hybridized carbons (Fsp3) is 0.375. The second kappa shape index (κ2) is 8.19. The highest BCUT2D eigenvalue weighted by atomic mass is 35.5. The Hall–Kier alpha value is -1.59. The lowest BCUT2D eigenvalue weighted by Gasteiger charge is -2.21. The van der Waals surface area contributed by atoms with Crippen LogP contribution in [0.4, 0.5) is 9.52 Å². The van der Waals surface area contributed by atoms with Crippen molar-refractivity contribution in [1.29, 1.82) is 0 Å². The molecule has 0 spiro atoms. The Morgan fingerprint density at radius 2 is 2.26 bits per heavy atom. The zero-order valence-corrected chi connectivity index (χ0v) is 16.7. The summed E-state index contributed by atoms with van der Waals surface area (Å²) in [5.74, 6) is -1.07. The minimum absolute atomic E-state index is 0.0240. The zero-order valence-electron chi connectivity index (χ0n) is 14.3. The SMILES string of the molecule is CNS(=O)(=O)OCC(=O)Nc1nc2c(s1)[C@@H](c1ccc(F)c(Cl)c1)CCC2. The Morgan fingerprint density at radius 1 is 1.48 bits per heavy atom. The summed E-state index contributed by atoms with van der Waals surface area (Å²) in [6.45, 7) is -0.648. The van der Waals surface area contributed by atoms with Gasteiger partial charge in [0.05, 0.1) is 10.7 Å². The normalized spacial score (nSPS) is 16.8. The summed E-state index contributed by atoms with van der Waals surface area (Å²) in [6, 6.07) is 4.66. The van der Waals surface area contributed by atoms with Crippen LogP contribution in [-0.2, 0) is 25.7 Å². The highest BCUT2D eigenvalue weighted by Crippen LogP contribution is 2.42. The molecule has 11 heteroatoms. The molecule has 0 aliphatic heterocycles. The number of fused-ring (bicyclic) bond motifs is 1. The number of carbonyl (C=O) groups excluding carboxylic acids is 1. The van der Waals surface area contributed by atoms with Gasteiger partial charge in [-0.1, -0.05) is 17.7 Å². The van der Waals surface area contributed by atoms with Gasteiger partial charge in [0.1, 0.15) is 12.4 Å². The molecule has 0 unspecified atom stereocenters. The van der Waals surface area contributed by atoms with Crippen molar-refractivity contribution in [3.63, 3.8) is 0 Å². The van der Waals surface area contributed by atoms with Gasteiger partial charge in [0, 0.05) is 17.8 Å². The molecule has 1 amide bonds. The van der Waals surface area contributed by atoms with Crippen LogP contribution in [0, 0.1) is 5.82 Å². The molecule has 0 saturated heterocycles. The third-order valence-corrected chi connectivity index (χ3v) is 6.48. The largest absolute Gasteiger partial charge is 0.336 e. The van der Waals surface area contributed by atoms with Gasteiger partial charge in [-0.05, 0) is 37.0 Å². The molecular formula is C16H17ClFN3O4S2. The Morgan fingerprint density at radius 3 is 2.96 bits per heavy atom. The third kappa shape index (κ3) is 4.82. The second-order valence-electron chi connectivity index (χ2n) is 5.92. The van der Waals surface area contributed by atoms with Crippen LogP contribution in [0.2, 0.25) is 5.02 Å². The second-order valence-corrected chi connectivity index (χ2v) is 8.91. The number of hydrogen-bond donors (Lipinski definition) is 2. The van der Waals surface area contributed by atoms with Crippen LogP contribution in [-0.4, -0.2) is 33.0 Å². The minimum Gasteiger partial charge on any atom is -0.300 e. The molecule has 27 heavy (non-hydrogen) atoms. The fourth-order valence-electron chi connectivity index (χ4n) is 2.87. The number of carbonyl (C=O) groups is 1. The summed E-state index contributed by atoms with van der Waals surface area (Å²) in [5.41, 5.74) is 1.77. The average molecular weight is 434 g/mol. The summed E-state index contributed by atoms with van der Waals surface area (Å²) >= 11 is 7.22. The van der Waals surface area contributed by atoms with Crippen LogP contribution in [0.25, 0.3) is 0 Å². The van der Waals surface area contributed by atoms with Gasteiger partial charge in [-0.15, -0.1) is 11.3 Å². The van der Waals surface area contributed by atoms with Gasteiger partial charge in [-0.3, -0.25) is 10.1 Å². The average Bonchev–Trinajstić information content (AvgIpc) is 3.04. The molecule has 0 bridgehead atoms. The van der Waals surface area contributed by atoms with E-state index in [1.807, 2.05) is 4.72 Å². The molecule has 146 valence electrons. The van der Waals surface area contributed by atoms with Crippen molar-refractivity contribution in [3.05, 3.63) is 45.2 Å². The first-order valence-corrected chi connectivity index (χ1v) is 10.7. The van der Waals surface area contributed by atoms with Crippen molar-refractivity contribution in [2.45, 2.75) is 25.2 Å². The first-order chi connectivity index (χ1) is 12.8. The van der Waals surface area contributed by atoms with Crippen LogP contribution in [0.3, 0.4) is 0 Å². The van der Waals surface area contributed by atoms with Crippen LogP contribution < -0.4 is 10.0 Å². The lowest BCUT2D eigenvalue weighted by atomic mass is 9.86. The molecule has 1 aliphatic carbocycles. The van der Waals surface area contributed by atoms with E-state index < -0.39 is 28.6 Å². The number of amides is 1. The predicted molar refractivity (Wildman–Crippen MR) is 101 cm³/mol. The van der Waals surface area contributed by atoms with Crippen molar-refractivity contribution >= 4 is 44.3 Å². The van der Waals surface area contributed by atoms with Gasteiger partial charge >= 0.3 is 10.3 Å². The minimum atomic E-state index is -3.93. The number of rotatable bonds is 6. The number of halogens is 2. The van der Waals surface area contributed by atoms with Crippen molar-refractivity contribution in [1.82, 2.24) is 9.71 Å². The van der Waals surface area contributed by atoms with Gasteiger partial charge in [-0.2, -0.15) is 13.1 Å². The maximum atomic E-state index is 13.4. The number of nitrogens with zero attached hydrogens (tertiary/aromatic N) is 1. The highest BCUT2D eigenvalue weighted by molar-refractivity contribution is 7.84. The van der Waals surface area contributed by atoms with Crippen LogP contribution in [0.1, 0.15) is 34.9 Å². The number of benzene rings is 1. The monoisotopic (exact) mass is 433 g/mol. The number of aryl methyl sites for hydroxylation is 1. The van der Waals surface area contributed by atoms with Gasteiger partial charge in [-0.25, -0.2) is 13.6 Å². The molecule has 1 aromatic carbocycles. The van der Waals surface area contributed by atoms with Crippen molar-refractivity contribution in [3.8, 4) is 0 Å². The van der Waals surface area contributed by atoms with E-state index in [0.29, 0.717) is 5.13 Å². The molecule has 7 nitrogen and oxygen atoms in total. The molecule has 1 atom stereocenters. The number of thiazole rings is 1. The quantitative estimate of drug-likeness (QED) is 0.730. The number of nitrogens with one attached hydrogen (secondary N) is 2. The smallest absolute Gasteiger partial charge is 0.300 e. The van der Waals surface area contributed by atoms with Crippen LogP contribution >= 0.6 is 22.9 Å². The van der Waals surface area contributed by atoms with E-state index in [1.165, 1.54) is 24.5 Å². The van der Waals surface area contributed by atoms with E-state index in [0.717, 1.165) is 35.4 Å². The molecule has 1 heterocycles. The van der Waals surface area contributed by atoms with E-state index in [2.05, 4.69) is 14.5 Å². The Bertz CT molecular complexity index is 965. The summed E-state index contributed by atoms with van der Waals surface area (Å²) in [4.78, 5) is 17.3. The predicted octanol–water partition coefficient (Wildman–Crippen LogP) is 2.82. The number of aromatic nitrogens is 1. The van der Waals surface area contributed by atoms with Gasteiger partial charge in [0.25, 0.3) is 5.91 Å². The Labute approximate surface area is 165 Å². The highest BCUT2D eigenvalue weighted by Gasteiger charge is 2.27. The number of hydrogen-bond acceptors (Lipinski definition) is 6. The summed E-state index contributed by atoms with van der Waals surface area (Å²) in [6.07, 6.45) is 2.55. The molecule has 2 aromatic rings. The van der Waals surface area contributed by atoms with Gasteiger partial charge in [0.2, 0.25) is 0 Å². The zero-order chi connectivity index (χ0) is 19.6. The van der Waals surface area contributed by atoms with Gasteiger partial charge < -0.3 is 0 Å². The van der Waals surface area contributed by atoms with Crippen LogP contribution in [0.5, 0.6) is 0 Å². The van der Waals surface area contributed by atoms with E-state index in [-0.39, 0.29) is 10.9 Å². The molecular weight excluding hydrogens is 417 g/mol. The van der Waals surface area contributed by atoms with E-state index in [1.54, 1.807) is 12.1 Å². The maximum Gasteiger partial charge on any atom is 0.336 e. The summed E-state index contributed by atoms with van der Waals surface area (Å²) < 4.78 is 42.3. The third-order valence-electron chi connectivity index (χ3n) is 4.14. The molecule has 1 aromatic heterocycles. The Balaban J connectivity index is 1.75. The topological polar surface area (TPSA) is 97.4 Å². The lowest BCUT2D eigenvalue weighted by Crippen LogP contribution is -2.27. The number of anilines is 1. The van der Waals surface area contributed by atoms with Gasteiger partial charge in [0.15, 0.2) is 5.13 Å². The maximum absolute atomic E-state index is 13.4. The molecule has 2 N–H and O–H groups in total. The molecule has 3 rings (SSSR count). The van der Waals surface area contributed by atoms with Crippen molar-refractivity contribution in [2.75, 3.05) is 19.0 Å². The Kier molecular flexibility index (Phi) is 6.11. The van der Waals surface area contributed by atoms with Crippen molar-refractivity contribution < 1.29 is 21.8 Å². The summed E-state index contributed by atoms with van der Waals surface area (Å²) in [7, 11) is -2.75. The molecule has 0 radical (unpaired) electrons. The van der Waals surface area contributed by atoms with E-state index in [9.17, 15) is 17.6 Å². The fourth-order valence-corrected chi connectivity index (χ4v) is 4.63. The molecule has 0 fully saturated rings. The van der Waals surface area contributed by atoms with Crippen LogP contribution in [0.15, 0.2) is 18.2 Å². The van der Waals surface area contributed by atoms with E-state index in [4.69, 9.17) is 11.6 Å². The van der Waals surface area contributed by atoms with E-state index >= 15 is 0 Å². The summed E-state index contributed by atoms with van der Waals surface area (Å²) in [5, 5.41) is 2.99. The standard InChI is InChI=1S/C16H17ClFN3O4S2/c1-19-27(23,24)25-8-14(22)21-16-20-13-4-2-3-10(15(13)26-16)9-5-6-12(18)11(17)7-9/h5-7,10,19H,2-4,8H2,1H3,(H,20,21,22)/t10-/m1/s1. The molecule has 0 saturated carbocycles. The lowest BCUT2D eigenvalue weighted by molar-refractivity contribution is -0.118. The molecule has 1 aliphatic rings. The van der Waals surface area contributed by atoms with Crippen molar-refractivity contribution in [2.24, 2.45) is 0 Å².